The molecule has 1 N–H and O–H groups in total. The van der Waals surface area contributed by atoms with Gasteiger partial charge in [0.1, 0.15) is 5.52 Å². The second kappa shape index (κ2) is 9.30. The Labute approximate surface area is 188 Å². The zero-order chi connectivity index (χ0) is 21.8. The van der Waals surface area contributed by atoms with Crippen molar-refractivity contribution in [2.45, 2.75) is 27.3 Å². The lowest BCUT2D eigenvalue weighted by Crippen LogP contribution is -2.03. The van der Waals surface area contributed by atoms with Crippen molar-refractivity contribution in [2.75, 3.05) is 18.6 Å². The van der Waals surface area contributed by atoms with Gasteiger partial charge in [-0.05, 0) is 60.5 Å². The summed E-state index contributed by atoms with van der Waals surface area (Å²) in [5, 5.41) is 13.9. The van der Waals surface area contributed by atoms with Crippen LogP contribution in [0.2, 0.25) is 0 Å². The maximum Gasteiger partial charge on any atom is 0.265 e. The summed E-state index contributed by atoms with van der Waals surface area (Å²) in [5.41, 5.74) is 6.36. The van der Waals surface area contributed by atoms with Crippen molar-refractivity contribution < 1.29 is 9.47 Å². The van der Waals surface area contributed by atoms with E-state index >= 15 is 0 Å². The fourth-order valence-electron chi connectivity index (χ4n) is 3.45. The fourth-order valence-corrected chi connectivity index (χ4v) is 4.02. The topological polar surface area (TPSA) is 86.5 Å². The number of para-hydroxylation sites is 1. The molecule has 0 aliphatic carbocycles. The highest BCUT2D eigenvalue weighted by Crippen LogP contribution is 2.36. The number of halogens is 1. The Hall–Kier alpha value is -3.20. The van der Waals surface area contributed by atoms with Crippen molar-refractivity contribution in [3.8, 4) is 11.5 Å². The van der Waals surface area contributed by atoms with E-state index in [9.17, 15) is 0 Å². The lowest BCUT2D eigenvalue weighted by atomic mass is 10.2. The number of hydrogen-bond donors (Lipinski definition) is 1. The molecule has 2 aromatic carbocycles. The van der Waals surface area contributed by atoms with Crippen LogP contribution in [0.5, 0.6) is 11.5 Å². The summed E-state index contributed by atoms with van der Waals surface area (Å²) in [6.07, 6.45) is 1.67. The first-order valence-corrected chi connectivity index (χ1v) is 10.9. The first-order chi connectivity index (χ1) is 15.2. The highest BCUT2D eigenvalue weighted by atomic mass is 79.9. The zero-order valence-corrected chi connectivity index (χ0v) is 19.2. The first-order valence-electron chi connectivity index (χ1n) is 10.2. The van der Waals surface area contributed by atoms with Crippen LogP contribution in [0.25, 0.3) is 22.1 Å². The lowest BCUT2D eigenvalue weighted by Gasteiger charge is -2.13. The number of fused-ring (bicyclic) bond motifs is 3. The van der Waals surface area contributed by atoms with Gasteiger partial charge in [-0.15, -0.1) is 10.2 Å². The SMILES string of the molecule is CCOc1cc(/C=N/Nc2nnc3c4ccccc4n(CC)c3n2)cc(Br)c1OCC. The number of ether oxygens (including phenoxy) is 2. The molecule has 0 unspecified atom stereocenters. The van der Waals surface area contributed by atoms with Gasteiger partial charge in [-0.25, -0.2) is 5.43 Å². The largest absolute Gasteiger partial charge is 0.490 e. The molecule has 2 aromatic heterocycles. The number of aromatic nitrogens is 4. The number of nitrogens with zero attached hydrogens (tertiary/aromatic N) is 5. The molecule has 8 nitrogen and oxygen atoms in total. The van der Waals surface area contributed by atoms with Crippen molar-refractivity contribution in [3.63, 3.8) is 0 Å². The van der Waals surface area contributed by atoms with Crippen LogP contribution in [-0.2, 0) is 6.54 Å². The van der Waals surface area contributed by atoms with E-state index in [-0.39, 0.29) is 0 Å². The van der Waals surface area contributed by atoms with Gasteiger partial charge < -0.3 is 14.0 Å². The van der Waals surface area contributed by atoms with Crippen molar-refractivity contribution >= 4 is 50.2 Å². The summed E-state index contributed by atoms with van der Waals surface area (Å²) in [6, 6.07) is 11.9. The van der Waals surface area contributed by atoms with Crippen molar-refractivity contribution in [2.24, 2.45) is 5.10 Å². The maximum absolute atomic E-state index is 5.70. The number of benzene rings is 2. The van der Waals surface area contributed by atoms with Gasteiger partial charge in [0.2, 0.25) is 0 Å². The van der Waals surface area contributed by atoms with Gasteiger partial charge in [0.25, 0.3) is 5.95 Å². The molecule has 4 rings (SSSR count). The van der Waals surface area contributed by atoms with Gasteiger partial charge in [-0.1, -0.05) is 18.2 Å². The quantitative estimate of drug-likeness (QED) is 0.280. The predicted molar refractivity (Wildman–Crippen MR) is 126 cm³/mol. The van der Waals surface area contributed by atoms with Gasteiger partial charge >= 0.3 is 0 Å². The minimum atomic E-state index is 0.330. The molecular weight excluding hydrogens is 460 g/mol. The van der Waals surface area contributed by atoms with Gasteiger partial charge in [-0.3, -0.25) is 0 Å². The molecule has 2 heterocycles. The molecule has 9 heteroatoms. The third kappa shape index (κ3) is 4.18. The standard InChI is InChI=1S/C22H23BrN6O2/c1-4-29-17-10-8-7-9-15(17)19-21(29)25-22(28-26-19)27-24-13-14-11-16(23)20(31-6-3)18(12-14)30-5-2/h7-13H,4-6H2,1-3H3,(H,25,27,28)/b24-13+. The lowest BCUT2D eigenvalue weighted by molar-refractivity contribution is 0.286. The molecule has 0 saturated heterocycles. The number of nitrogens with one attached hydrogen (secondary N) is 1. The highest BCUT2D eigenvalue weighted by molar-refractivity contribution is 9.10. The third-order valence-electron chi connectivity index (χ3n) is 4.69. The molecule has 4 aromatic rings. The normalized spacial score (nSPS) is 11.5. The summed E-state index contributed by atoms with van der Waals surface area (Å²) in [7, 11) is 0. The van der Waals surface area contributed by atoms with E-state index in [1.165, 1.54) is 0 Å². The summed E-state index contributed by atoms with van der Waals surface area (Å²) < 4.78 is 14.3. The van der Waals surface area contributed by atoms with E-state index in [0.29, 0.717) is 30.7 Å². The Kier molecular flexibility index (Phi) is 6.31. The van der Waals surface area contributed by atoms with Gasteiger partial charge in [0, 0.05) is 11.9 Å². The summed E-state index contributed by atoms with van der Waals surface area (Å²) >= 11 is 3.54. The molecule has 0 radical (unpaired) electrons. The maximum atomic E-state index is 5.70. The van der Waals surface area contributed by atoms with E-state index in [1.807, 2.05) is 44.2 Å². The van der Waals surface area contributed by atoms with Gasteiger partial charge in [0.05, 0.1) is 29.4 Å². The van der Waals surface area contributed by atoms with E-state index < -0.39 is 0 Å². The van der Waals surface area contributed by atoms with Crippen LogP contribution in [0.3, 0.4) is 0 Å². The number of aryl methyl sites for hydroxylation is 1. The minimum Gasteiger partial charge on any atom is -0.490 e. The van der Waals surface area contributed by atoms with Crippen LogP contribution in [0.15, 0.2) is 46.0 Å². The van der Waals surface area contributed by atoms with Crippen molar-refractivity contribution in [1.29, 1.82) is 0 Å². The monoisotopic (exact) mass is 482 g/mol. The number of anilines is 1. The van der Waals surface area contributed by atoms with Gasteiger partial charge in [-0.2, -0.15) is 10.1 Å². The molecule has 0 saturated carbocycles. The summed E-state index contributed by atoms with van der Waals surface area (Å²) in [6.45, 7) is 7.82. The molecule has 0 atom stereocenters. The smallest absolute Gasteiger partial charge is 0.265 e. The fraction of sp³-hybridized carbons (Fsp3) is 0.273. The molecular formula is C22H23BrN6O2. The summed E-state index contributed by atoms with van der Waals surface area (Å²) in [5.74, 6) is 1.67. The Balaban J connectivity index is 1.61. The first kappa shape index (κ1) is 21.0. The average molecular weight is 483 g/mol. The number of hydrazone groups is 1. The molecule has 160 valence electrons. The Bertz CT molecular complexity index is 1250. The van der Waals surface area contributed by atoms with E-state index in [2.05, 4.69) is 59.2 Å². The van der Waals surface area contributed by atoms with Crippen LogP contribution >= 0.6 is 15.9 Å². The van der Waals surface area contributed by atoms with Crippen molar-refractivity contribution in [1.82, 2.24) is 19.7 Å². The number of rotatable bonds is 8. The summed E-state index contributed by atoms with van der Waals surface area (Å²) in [4.78, 5) is 4.63. The third-order valence-corrected chi connectivity index (χ3v) is 5.28. The van der Waals surface area contributed by atoms with E-state index in [1.54, 1.807) is 6.21 Å². The van der Waals surface area contributed by atoms with Crippen LogP contribution < -0.4 is 14.9 Å². The molecule has 0 aliphatic heterocycles. The Morgan fingerprint density at radius 3 is 2.68 bits per heavy atom. The van der Waals surface area contributed by atoms with E-state index in [0.717, 1.165) is 38.6 Å². The zero-order valence-electron chi connectivity index (χ0n) is 17.6. The predicted octanol–water partition coefficient (Wildman–Crippen LogP) is 5.01. The Morgan fingerprint density at radius 1 is 1.10 bits per heavy atom. The van der Waals surface area contributed by atoms with Crippen LogP contribution in [0.1, 0.15) is 26.3 Å². The van der Waals surface area contributed by atoms with Crippen LogP contribution in [-0.4, -0.2) is 39.2 Å². The molecule has 31 heavy (non-hydrogen) atoms. The second-order valence-corrected chi connectivity index (χ2v) is 7.49. The molecule has 0 aliphatic rings. The molecule has 0 fully saturated rings. The van der Waals surface area contributed by atoms with Crippen molar-refractivity contribution in [3.05, 3.63) is 46.4 Å². The molecule has 0 bridgehead atoms. The van der Waals surface area contributed by atoms with Crippen LogP contribution in [0, 0.1) is 0 Å². The minimum absolute atomic E-state index is 0.330. The highest BCUT2D eigenvalue weighted by Gasteiger charge is 2.14. The second-order valence-electron chi connectivity index (χ2n) is 6.64. The van der Waals surface area contributed by atoms with Gasteiger partial charge in [0.15, 0.2) is 17.1 Å². The van der Waals surface area contributed by atoms with E-state index in [4.69, 9.17) is 9.47 Å². The Morgan fingerprint density at radius 2 is 1.90 bits per heavy atom. The number of hydrogen-bond acceptors (Lipinski definition) is 7. The molecule has 0 spiro atoms. The average Bonchev–Trinajstić information content (AvgIpc) is 3.09. The van der Waals surface area contributed by atoms with Crippen LogP contribution in [0.4, 0.5) is 5.95 Å². The molecule has 0 amide bonds.